The molecule has 0 spiro atoms. The standard InChI is InChI=1S/C11H21BrOSi/c1-4-10-14(2,3)11(13)8-6-5-7-9-12/h4H,1,5-10H2,2-3H3. The van der Waals surface area contributed by atoms with E-state index < -0.39 is 8.07 Å². The highest BCUT2D eigenvalue weighted by molar-refractivity contribution is 9.09. The molecule has 0 unspecified atom stereocenters. The Labute approximate surface area is 97.1 Å². The summed E-state index contributed by atoms with van der Waals surface area (Å²) in [5.74, 6) is 0. The number of halogens is 1. The molecule has 14 heavy (non-hydrogen) atoms. The van der Waals surface area contributed by atoms with Crippen molar-refractivity contribution in [3.63, 3.8) is 0 Å². The monoisotopic (exact) mass is 276 g/mol. The van der Waals surface area contributed by atoms with Crippen molar-refractivity contribution in [2.24, 2.45) is 0 Å². The SMILES string of the molecule is C=CC[Si](C)(C)C(=O)CCCCCBr. The van der Waals surface area contributed by atoms with E-state index in [1.807, 2.05) is 6.08 Å². The number of hydrogen-bond acceptors (Lipinski definition) is 1. The molecular formula is C11H21BrOSi. The van der Waals surface area contributed by atoms with Crippen LogP contribution in [-0.2, 0) is 4.79 Å². The van der Waals surface area contributed by atoms with Crippen molar-refractivity contribution in [2.45, 2.75) is 44.8 Å². The van der Waals surface area contributed by atoms with Crippen LogP contribution in [0.3, 0.4) is 0 Å². The van der Waals surface area contributed by atoms with Crippen molar-refractivity contribution in [2.75, 3.05) is 5.33 Å². The minimum atomic E-state index is -1.64. The molecule has 0 bridgehead atoms. The Morgan fingerprint density at radius 1 is 1.36 bits per heavy atom. The zero-order valence-electron chi connectivity index (χ0n) is 9.31. The first kappa shape index (κ1) is 14.1. The summed E-state index contributed by atoms with van der Waals surface area (Å²) in [5.41, 5.74) is 0. The summed E-state index contributed by atoms with van der Waals surface area (Å²) in [6.45, 7) is 8.00. The Bertz CT molecular complexity index is 190. The molecule has 0 aromatic carbocycles. The van der Waals surface area contributed by atoms with Crippen LogP contribution in [0.25, 0.3) is 0 Å². The molecule has 0 aromatic heterocycles. The Hall–Kier alpha value is 0.107. The summed E-state index contributed by atoms with van der Waals surface area (Å²) in [6.07, 6.45) is 6.06. The Morgan fingerprint density at radius 2 is 2.00 bits per heavy atom. The van der Waals surface area contributed by atoms with E-state index >= 15 is 0 Å². The van der Waals surface area contributed by atoms with Gasteiger partial charge in [-0.3, -0.25) is 0 Å². The molecule has 82 valence electrons. The quantitative estimate of drug-likeness (QED) is 0.284. The molecule has 0 atom stereocenters. The van der Waals surface area contributed by atoms with Gasteiger partial charge in [-0.1, -0.05) is 41.5 Å². The van der Waals surface area contributed by atoms with Crippen molar-refractivity contribution in [1.29, 1.82) is 0 Å². The molecule has 0 saturated heterocycles. The van der Waals surface area contributed by atoms with E-state index in [9.17, 15) is 4.79 Å². The highest BCUT2D eigenvalue weighted by Crippen LogP contribution is 2.15. The van der Waals surface area contributed by atoms with Gasteiger partial charge in [0, 0.05) is 11.8 Å². The predicted molar refractivity (Wildman–Crippen MR) is 69.8 cm³/mol. The highest BCUT2D eigenvalue weighted by atomic mass is 79.9. The first-order valence-corrected chi connectivity index (χ1v) is 9.57. The van der Waals surface area contributed by atoms with Crippen LogP contribution in [0.5, 0.6) is 0 Å². The van der Waals surface area contributed by atoms with Crippen LogP contribution in [0.15, 0.2) is 12.7 Å². The molecule has 0 aromatic rings. The van der Waals surface area contributed by atoms with E-state index in [0.717, 1.165) is 30.6 Å². The summed E-state index contributed by atoms with van der Waals surface area (Å²) in [7, 11) is -1.64. The van der Waals surface area contributed by atoms with Crippen LogP contribution in [0, 0.1) is 0 Å². The molecule has 1 nitrogen and oxygen atoms in total. The molecule has 0 aliphatic rings. The van der Waals surface area contributed by atoms with Gasteiger partial charge in [0.15, 0.2) is 0 Å². The van der Waals surface area contributed by atoms with Gasteiger partial charge in [-0.2, -0.15) is 0 Å². The molecule has 0 saturated carbocycles. The Morgan fingerprint density at radius 3 is 2.50 bits per heavy atom. The van der Waals surface area contributed by atoms with Gasteiger partial charge < -0.3 is 4.79 Å². The predicted octanol–water partition coefficient (Wildman–Crippen LogP) is 3.94. The second-order valence-electron chi connectivity index (χ2n) is 4.30. The minimum Gasteiger partial charge on any atom is -0.305 e. The number of carbonyl (C=O) groups is 1. The minimum absolute atomic E-state index is 0.506. The fraction of sp³-hybridized carbons (Fsp3) is 0.727. The molecule has 3 heteroatoms. The van der Waals surface area contributed by atoms with Crippen molar-refractivity contribution >= 4 is 29.4 Å². The molecule has 0 aliphatic carbocycles. The maximum absolute atomic E-state index is 11.8. The number of carbonyl (C=O) groups excluding carboxylic acids is 1. The fourth-order valence-electron chi connectivity index (χ4n) is 1.37. The van der Waals surface area contributed by atoms with Crippen LogP contribution in [0.2, 0.25) is 19.1 Å². The molecule has 0 fully saturated rings. The van der Waals surface area contributed by atoms with Gasteiger partial charge in [0.05, 0.1) is 0 Å². The maximum atomic E-state index is 11.8. The van der Waals surface area contributed by atoms with Crippen LogP contribution in [-0.4, -0.2) is 18.8 Å². The first-order valence-electron chi connectivity index (χ1n) is 5.24. The number of alkyl halides is 1. The van der Waals surface area contributed by atoms with Crippen LogP contribution in [0.1, 0.15) is 25.7 Å². The number of allylic oxidation sites excluding steroid dienone is 1. The van der Waals surface area contributed by atoms with Crippen LogP contribution < -0.4 is 0 Å². The number of unbranched alkanes of at least 4 members (excludes halogenated alkanes) is 2. The molecule has 0 aliphatic heterocycles. The van der Waals surface area contributed by atoms with E-state index in [4.69, 9.17) is 0 Å². The van der Waals surface area contributed by atoms with Gasteiger partial charge in [0.25, 0.3) is 0 Å². The van der Waals surface area contributed by atoms with E-state index in [1.165, 1.54) is 6.42 Å². The van der Waals surface area contributed by atoms with Crippen molar-refractivity contribution in [3.05, 3.63) is 12.7 Å². The lowest BCUT2D eigenvalue weighted by Crippen LogP contribution is -2.36. The normalized spacial score (nSPS) is 11.4. The van der Waals surface area contributed by atoms with E-state index in [0.29, 0.717) is 5.41 Å². The van der Waals surface area contributed by atoms with Gasteiger partial charge in [-0.25, -0.2) is 0 Å². The second-order valence-corrected chi connectivity index (χ2v) is 9.83. The second kappa shape index (κ2) is 7.41. The summed E-state index contributed by atoms with van der Waals surface area (Å²) in [6, 6.07) is 0.921. The van der Waals surface area contributed by atoms with Crippen LogP contribution >= 0.6 is 15.9 Å². The average Bonchev–Trinajstić information content (AvgIpc) is 2.12. The topological polar surface area (TPSA) is 17.1 Å². The molecule has 0 heterocycles. The smallest absolute Gasteiger partial charge is 0.130 e. The van der Waals surface area contributed by atoms with Crippen molar-refractivity contribution < 1.29 is 4.79 Å². The van der Waals surface area contributed by atoms with E-state index in [1.54, 1.807) is 0 Å². The van der Waals surface area contributed by atoms with E-state index in [2.05, 4.69) is 35.6 Å². The third-order valence-corrected chi connectivity index (χ3v) is 6.08. The third-order valence-electron chi connectivity index (χ3n) is 2.45. The highest BCUT2D eigenvalue weighted by Gasteiger charge is 2.27. The lowest BCUT2D eigenvalue weighted by atomic mass is 10.2. The number of hydrogen-bond donors (Lipinski definition) is 0. The molecule has 0 amide bonds. The van der Waals surface area contributed by atoms with Gasteiger partial charge in [-0.15, -0.1) is 6.58 Å². The Balaban J connectivity index is 3.77. The lowest BCUT2D eigenvalue weighted by Gasteiger charge is -2.18. The molecular weight excluding hydrogens is 256 g/mol. The summed E-state index contributed by atoms with van der Waals surface area (Å²) in [4.78, 5) is 11.8. The molecule has 0 radical (unpaired) electrons. The number of rotatable bonds is 8. The average molecular weight is 277 g/mol. The zero-order chi connectivity index (χ0) is 11.0. The van der Waals surface area contributed by atoms with Gasteiger partial charge >= 0.3 is 0 Å². The lowest BCUT2D eigenvalue weighted by molar-refractivity contribution is -0.112. The van der Waals surface area contributed by atoms with Crippen molar-refractivity contribution in [1.82, 2.24) is 0 Å². The van der Waals surface area contributed by atoms with Crippen LogP contribution in [0.4, 0.5) is 0 Å². The molecule has 0 rings (SSSR count). The van der Waals surface area contributed by atoms with Gasteiger partial charge in [0.1, 0.15) is 13.5 Å². The summed E-state index contributed by atoms with van der Waals surface area (Å²) in [5, 5.41) is 1.56. The fourth-order valence-corrected chi connectivity index (χ4v) is 3.57. The molecule has 0 N–H and O–H groups in total. The maximum Gasteiger partial charge on any atom is 0.130 e. The Kier molecular flexibility index (Phi) is 7.46. The van der Waals surface area contributed by atoms with Gasteiger partial charge in [0.2, 0.25) is 0 Å². The van der Waals surface area contributed by atoms with Crippen molar-refractivity contribution in [3.8, 4) is 0 Å². The first-order chi connectivity index (χ1) is 6.54. The largest absolute Gasteiger partial charge is 0.305 e. The zero-order valence-corrected chi connectivity index (χ0v) is 11.9. The third kappa shape index (κ3) is 5.76. The summed E-state index contributed by atoms with van der Waals surface area (Å²) >= 11 is 3.39. The summed E-state index contributed by atoms with van der Waals surface area (Å²) < 4.78 is 0. The van der Waals surface area contributed by atoms with Gasteiger partial charge in [-0.05, 0) is 18.9 Å². The van der Waals surface area contributed by atoms with E-state index in [-0.39, 0.29) is 0 Å².